The number of amides is 1. The van der Waals surface area contributed by atoms with E-state index in [1.165, 1.54) is 5.56 Å². The molecule has 1 amide bonds. The largest absolute Gasteiger partial charge is 0.497 e. The molecule has 5 heteroatoms. The number of carbonyl (C=O) groups excluding carboxylic acids is 1. The quantitative estimate of drug-likeness (QED) is 0.761. The van der Waals surface area contributed by atoms with Crippen LogP contribution in [0.5, 0.6) is 5.75 Å². The molecule has 0 aromatic heterocycles. The molecule has 2 saturated heterocycles. The number of halogens is 1. The standard InChI is InChI=1S/C23H27ClN2O2/c1-25-13-18-14-26(22(27)11-6-16-4-3-5-19(24)12-16)15-21(18)23(25)17-7-9-20(28-2)10-8-17/h3-5,7-10,12,18,21,23H,6,11,13-15H2,1-2H3/t18-,21+,23-/m0/s1. The highest BCUT2D eigenvalue weighted by Crippen LogP contribution is 2.44. The maximum Gasteiger partial charge on any atom is 0.222 e. The summed E-state index contributed by atoms with van der Waals surface area (Å²) in [4.78, 5) is 17.3. The van der Waals surface area contributed by atoms with Crippen LogP contribution in [-0.2, 0) is 11.2 Å². The summed E-state index contributed by atoms with van der Waals surface area (Å²) in [5.74, 6) is 2.18. The van der Waals surface area contributed by atoms with Gasteiger partial charge in [-0.15, -0.1) is 0 Å². The third kappa shape index (κ3) is 3.89. The third-order valence-corrected chi connectivity index (χ3v) is 6.46. The van der Waals surface area contributed by atoms with Crippen molar-refractivity contribution in [3.8, 4) is 5.75 Å². The van der Waals surface area contributed by atoms with E-state index >= 15 is 0 Å². The van der Waals surface area contributed by atoms with E-state index in [1.54, 1.807) is 7.11 Å². The van der Waals surface area contributed by atoms with E-state index in [1.807, 2.05) is 36.4 Å². The van der Waals surface area contributed by atoms with Gasteiger partial charge in [0.15, 0.2) is 0 Å². The molecule has 0 bridgehead atoms. The maximum atomic E-state index is 12.8. The minimum atomic E-state index is 0.255. The van der Waals surface area contributed by atoms with Crippen LogP contribution >= 0.6 is 11.6 Å². The lowest BCUT2D eigenvalue weighted by molar-refractivity contribution is -0.130. The van der Waals surface area contributed by atoms with Crippen molar-refractivity contribution < 1.29 is 9.53 Å². The van der Waals surface area contributed by atoms with Gasteiger partial charge in [0.2, 0.25) is 5.91 Å². The zero-order chi connectivity index (χ0) is 19.7. The SMILES string of the molecule is COc1ccc([C@H]2[C@@H]3CN(C(=O)CCc4cccc(Cl)c4)C[C@@H]3CN2C)cc1. The van der Waals surface area contributed by atoms with Gasteiger partial charge in [0, 0.05) is 43.0 Å². The first-order valence-electron chi connectivity index (χ1n) is 9.91. The fourth-order valence-corrected chi connectivity index (χ4v) is 5.08. The molecule has 0 radical (unpaired) electrons. The smallest absolute Gasteiger partial charge is 0.222 e. The van der Waals surface area contributed by atoms with Crippen LogP contribution < -0.4 is 4.74 Å². The van der Waals surface area contributed by atoms with Crippen molar-refractivity contribution in [3.63, 3.8) is 0 Å². The van der Waals surface area contributed by atoms with Gasteiger partial charge < -0.3 is 9.64 Å². The molecule has 28 heavy (non-hydrogen) atoms. The van der Waals surface area contributed by atoms with Crippen molar-refractivity contribution in [2.45, 2.75) is 18.9 Å². The van der Waals surface area contributed by atoms with Crippen molar-refractivity contribution >= 4 is 17.5 Å². The van der Waals surface area contributed by atoms with Crippen LogP contribution in [0, 0.1) is 11.8 Å². The highest BCUT2D eigenvalue weighted by atomic mass is 35.5. The van der Waals surface area contributed by atoms with Gasteiger partial charge in [0.1, 0.15) is 5.75 Å². The van der Waals surface area contributed by atoms with Crippen LogP contribution in [0.2, 0.25) is 5.02 Å². The third-order valence-electron chi connectivity index (χ3n) is 6.22. The van der Waals surface area contributed by atoms with Gasteiger partial charge in [-0.05, 0) is 54.8 Å². The van der Waals surface area contributed by atoms with Crippen LogP contribution in [0.1, 0.15) is 23.6 Å². The van der Waals surface area contributed by atoms with E-state index in [-0.39, 0.29) is 5.91 Å². The molecule has 2 fully saturated rings. The van der Waals surface area contributed by atoms with Gasteiger partial charge in [-0.3, -0.25) is 9.69 Å². The number of ether oxygens (including phenoxy) is 1. The Morgan fingerprint density at radius 1 is 1.14 bits per heavy atom. The number of hydrogen-bond acceptors (Lipinski definition) is 3. The molecule has 0 unspecified atom stereocenters. The molecule has 4 nitrogen and oxygen atoms in total. The van der Waals surface area contributed by atoms with Gasteiger partial charge in [-0.1, -0.05) is 35.9 Å². The van der Waals surface area contributed by atoms with Crippen LogP contribution in [0.4, 0.5) is 0 Å². The average Bonchev–Trinajstić information content (AvgIpc) is 3.23. The first-order valence-corrected chi connectivity index (χ1v) is 10.3. The van der Waals surface area contributed by atoms with Crippen LogP contribution in [0.3, 0.4) is 0 Å². The molecule has 2 heterocycles. The predicted molar refractivity (Wildman–Crippen MR) is 112 cm³/mol. The average molecular weight is 399 g/mol. The molecule has 2 aliphatic rings. The number of carbonyl (C=O) groups is 1. The second-order valence-electron chi connectivity index (χ2n) is 8.01. The van der Waals surface area contributed by atoms with Gasteiger partial charge >= 0.3 is 0 Å². The minimum absolute atomic E-state index is 0.255. The van der Waals surface area contributed by atoms with Crippen molar-refractivity contribution in [1.29, 1.82) is 0 Å². The normalized spacial score (nSPS) is 24.4. The molecular formula is C23H27ClN2O2. The van der Waals surface area contributed by atoms with E-state index in [9.17, 15) is 4.79 Å². The summed E-state index contributed by atoms with van der Waals surface area (Å²) in [5, 5.41) is 0.728. The molecule has 2 aromatic carbocycles. The predicted octanol–water partition coefficient (Wildman–Crippen LogP) is 4.04. The van der Waals surface area contributed by atoms with Gasteiger partial charge in [0.05, 0.1) is 7.11 Å². The van der Waals surface area contributed by atoms with Gasteiger partial charge in [-0.2, -0.15) is 0 Å². The van der Waals surface area contributed by atoms with E-state index in [0.29, 0.717) is 24.3 Å². The van der Waals surface area contributed by atoms with Crippen molar-refractivity contribution in [2.24, 2.45) is 11.8 Å². The van der Waals surface area contributed by atoms with Gasteiger partial charge in [-0.25, -0.2) is 0 Å². The summed E-state index contributed by atoms with van der Waals surface area (Å²) in [6.45, 7) is 2.76. The molecule has 4 rings (SSSR count). The first-order chi connectivity index (χ1) is 13.5. The summed E-state index contributed by atoms with van der Waals surface area (Å²) in [6, 6.07) is 16.5. The number of rotatable bonds is 5. The highest BCUT2D eigenvalue weighted by Gasteiger charge is 2.47. The van der Waals surface area contributed by atoms with Crippen molar-refractivity contribution in [3.05, 3.63) is 64.7 Å². The summed E-state index contributed by atoms with van der Waals surface area (Å²) in [5.41, 5.74) is 2.43. The molecule has 2 aliphatic heterocycles. The van der Waals surface area contributed by atoms with E-state index in [0.717, 1.165) is 42.4 Å². The zero-order valence-corrected chi connectivity index (χ0v) is 17.2. The van der Waals surface area contributed by atoms with E-state index in [2.05, 4.69) is 29.0 Å². The highest BCUT2D eigenvalue weighted by molar-refractivity contribution is 6.30. The molecule has 2 aromatic rings. The number of fused-ring (bicyclic) bond motifs is 1. The number of benzene rings is 2. The Bertz CT molecular complexity index is 839. The Hall–Kier alpha value is -2.04. The van der Waals surface area contributed by atoms with Crippen LogP contribution in [0.15, 0.2) is 48.5 Å². The summed E-state index contributed by atoms with van der Waals surface area (Å²) in [6.07, 6.45) is 1.29. The maximum absolute atomic E-state index is 12.8. The van der Waals surface area contributed by atoms with Crippen LogP contribution in [0.25, 0.3) is 0 Å². The Kier molecular flexibility index (Phi) is 5.61. The molecule has 148 valence electrons. The Morgan fingerprint density at radius 3 is 2.64 bits per heavy atom. The van der Waals surface area contributed by atoms with Crippen molar-refractivity contribution in [2.75, 3.05) is 33.8 Å². The lowest BCUT2D eigenvalue weighted by Gasteiger charge is -2.27. The Labute approximate surface area is 172 Å². The fraction of sp³-hybridized carbons (Fsp3) is 0.435. The summed E-state index contributed by atoms with van der Waals surface area (Å²) in [7, 11) is 3.88. The van der Waals surface area contributed by atoms with Gasteiger partial charge in [0.25, 0.3) is 0 Å². The number of methoxy groups -OCH3 is 1. The van der Waals surface area contributed by atoms with E-state index in [4.69, 9.17) is 16.3 Å². The lowest BCUT2D eigenvalue weighted by atomic mass is 9.89. The number of likely N-dealkylation sites (tertiary alicyclic amines) is 2. The second-order valence-corrected chi connectivity index (χ2v) is 8.45. The van der Waals surface area contributed by atoms with Crippen LogP contribution in [-0.4, -0.2) is 49.5 Å². The first kappa shape index (κ1) is 19.3. The lowest BCUT2D eigenvalue weighted by Crippen LogP contribution is -2.33. The number of aryl methyl sites for hydroxylation is 1. The monoisotopic (exact) mass is 398 g/mol. The molecule has 0 saturated carbocycles. The number of hydrogen-bond donors (Lipinski definition) is 0. The molecule has 0 N–H and O–H groups in total. The number of nitrogens with zero attached hydrogens (tertiary/aromatic N) is 2. The fourth-order valence-electron chi connectivity index (χ4n) is 4.87. The Morgan fingerprint density at radius 2 is 1.93 bits per heavy atom. The van der Waals surface area contributed by atoms with Crippen molar-refractivity contribution in [1.82, 2.24) is 9.80 Å². The van der Waals surface area contributed by atoms with E-state index < -0.39 is 0 Å². The zero-order valence-electron chi connectivity index (χ0n) is 16.5. The molecular weight excluding hydrogens is 372 g/mol. The molecule has 3 atom stereocenters. The summed E-state index contributed by atoms with van der Waals surface area (Å²) < 4.78 is 5.29. The topological polar surface area (TPSA) is 32.8 Å². The summed E-state index contributed by atoms with van der Waals surface area (Å²) >= 11 is 6.05. The molecule has 0 aliphatic carbocycles. The minimum Gasteiger partial charge on any atom is -0.497 e. The Balaban J connectivity index is 1.40. The molecule has 0 spiro atoms. The second kappa shape index (κ2) is 8.14.